The minimum Gasteiger partial charge on any atom is -0.397 e. The molecule has 0 saturated carbocycles. The minimum atomic E-state index is -1.93. The maximum absolute atomic E-state index is 12.3. The van der Waals surface area contributed by atoms with Crippen LogP contribution in [-0.4, -0.2) is 95.9 Å². The molecular weight excluding hydrogens is 1130 g/mol. The Kier molecular flexibility index (Phi) is 23.6. The lowest BCUT2D eigenvalue weighted by atomic mass is 9.92. The first kappa shape index (κ1) is 64.7. The van der Waals surface area contributed by atoms with E-state index in [0.29, 0.717) is 54.7 Å². The summed E-state index contributed by atoms with van der Waals surface area (Å²) in [7, 11) is 0. The van der Waals surface area contributed by atoms with Crippen molar-refractivity contribution in [3.8, 4) is 6.07 Å². The summed E-state index contributed by atoms with van der Waals surface area (Å²) in [6.45, 7) is 8.40. The molecule has 2 aliphatic rings. The van der Waals surface area contributed by atoms with Crippen molar-refractivity contribution in [2.45, 2.75) is 115 Å². The number of nitriles is 1. The number of nitrogens with two attached hydrogens (primary N) is 2. The van der Waals surface area contributed by atoms with Crippen molar-refractivity contribution in [3.05, 3.63) is 264 Å². The van der Waals surface area contributed by atoms with Crippen molar-refractivity contribution in [2.75, 3.05) is 31.3 Å². The largest absolute Gasteiger partial charge is 0.397 e. The second-order valence-corrected chi connectivity index (χ2v) is 21.2. The van der Waals surface area contributed by atoms with E-state index in [-0.39, 0.29) is 38.9 Å². The normalized spacial score (nSPS) is 21.0. The SMILES string of the molecule is CCC.CCO.N#CC1(c2ccc3c(N)ncnn23)O[C@H](COCc2ccccc2)[C@@H](OCc2ccccc2)[C@H]1OCc1ccccc1.Nc1ncnn2c(C3(O)O[C@H](COCc4ccccc4)[C@@H](OCc4ccccc4)[C@H]3OCc3ccccc3)ccc12. The number of anilines is 2. The van der Waals surface area contributed by atoms with E-state index >= 15 is 0 Å². The van der Waals surface area contributed by atoms with Gasteiger partial charge in [-0.1, -0.05) is 202 Å². The number of benzene rings is 6. The summed E-state index contributed by atoms with van der Waals surface area (Å²) < 4.78 is 54.5. The fourth-order valence-electron chi connectivity index (χ4n) is 10.5. The van der Waals surface area contributed by atoms with Gasteiger partial charge in [-0.3, -0.25) is 0 Å². The Morgan fingerprint density at radius 3 is 1.19 bits per heavy atom. The highest BCUT2D eigenvalue weighted by Gasteiger charge is 2.61. The van der Waals surface area contributed by atoms with Crippen LogP contribution < -0.4 is 11.5 Å². The Balaban J connectivity index is 0.000000194. The Morgan fingerprint density at radius 2 is 0.798 bits per heavy atom. The highest BCUT2D eigenvalue weighted by molar-refractivity contribution is 5.66. The molecule has 0 aliphatic carbocycles. The average Bonchev–Trinajstić information content (AvgIpc) is 2.13. The van der Waals surface area contributed by atoms with Gasteiger partial charge in [0.15, 0.2) is 11.6 Å². The number of rotatable bonds is 22. The zero-order valence-corrected chi connectivity index (χ0v) is 50.3. The number of hydrogen-bond acceptors (Lipinski definition) is 17. The summed E-state index contributed by atoms with van der Waals surface area (Å²) in [5.74, 6) is -1.35. The Morgan fingerprint density at radius 1 is 0.472 bits per heavy atom. The average molecular weight is 1200 g/mol. The van der Waals surface area contributed by atoms with Crippen molar-refractivity contribution < 1.29 is 48.1 Å². The second kappa shape index (κ2) is 32.5. The standard InChI is InChI=1S/C33H31N5O4.C32H32N4O5.C3H8.C2H6O/c34-22-33(29-17-16-27-32(35)36-23-37-38(27)29)31(41-20-26-14-8-3-9-15-26)30(40-19-25-12-6-2-7-13-25)28(42-33)21-39-18-24-10-4-1-5-11-24;33-31-26-16-17-28(36(26)35-22-34-31)32(37)30(40-20-25-14-8-3-9-15-25)29(39-19-24-12-6-2-7-13-24)27(41-32)21-38-18-23-10-4-1-5-11-23;1-3-2;1-2-3/h1-17,23,28,30-31H,18-21H2,(H2,35,36,37);1-17,22,27,29-30,37H,18-21H2,(H2,33,34,35);3H2,1-2H3;3H,2H2,1H3/t28-,30-,31-,33?;27-,29-,30-,32?;;/m11../s1. The molecule has 10 aromatic rings. The predicted molar refractivity (Wildman–Crippen MR) is 337 cm³/mol. The number of aliphatic hydroxyl groups excluding tert-OH is 1. The summed E-state index contributed by atoms with van der Waals surface area (Å²) in [6, 6.07) is 68.6. The molecule has 6 aromatic carbocycles. The molecule has 4 aromatic heterocycles. The molecule has 2 aliphatic heterocycles. The molecule has 12 rings (SSSR count). The molecule has 462 valence electrons. The third-order valence-electron chi connectivity index (χ3n) is 14.6. The number of fused-ring (bicyclic) bond motifs is 2. The van der Waals surface area contributed by atoms with E-state index in [1.54, 1.807) is 35.7 Å². The molecule has 0 spiro atoms. The van der Waals surface area contributed by atoms with E-state index in [0.717, 1.165) is 33.4 Å². The molecule has 89 heavy (non-hydrogen) atoms. The van der Waals surface area contributed by atoms with Gasteiger partial charge in [-0.2, -0.15) is 15.5 Å². The molecule has 2 saturated heterocycles. The van der Waals surface area contributed by atoms with E-state index in [9.17, 15) is 10.4 Å². The molecule has 2 fully saturated rings. The van der Waals surface area contributed by atoms with Crippen LogP contribution in [0.3, 0.4) is 0 Å². The van der Waals surface area contributed by atoms with Crippen LogP contribution in [0.1, 0.15) is 72.0 Å². The number of nitrogens with zero attached hydrogens (tertiary/aromatic N) is 7. The van der Waals surface area contributed by atoms with E-state index in [1.807, 2.05) is 182 Å². The van der Waals surface area contributed by atoms with Crippen molar-refractivity contribution >= 4 is 22.7 Å². The molecule has 19 nitrogen and oxygen atoms in total. The lowest BCUT2D eigenvalue weighted by Crippen LogP contribution is -2.45. The first-order chi connectivity index (χ1) is 43.6. The van der Waals surface area contributed by atoms with Crippen LogP contribution in [0.25, 0.3) is 11.0 Å². The summed E-state index contributed by atoms with van der Waals surface area (Å²) in [4.78, 5) is 8.17. The van der Waals surface area contributed by atoms with Gasteiger partial charge >= 0.3 is 0 Å². The van der Waals surface area contributed by atoms with Gasteiger partial charge < -0.3 is 59.6 Å². The van der Waals surface area contributed by atoms with Gasteiger partial charge in [0.05, 0.1) is 58.5 Å². The van der Waals surface area contributed by atoms with Crippen LogP contribution in [0.2, 0.25) is 0 Å². The van der Waals surface area contributed by atoms with Crippen LogP contribution >= 0.6 is 0 Å². The number of aromatic nitrogens is 6. The summed E-state index contributed by atoms with van der Waals surface area (Å²) in [5, 5.41) is 39.5. The highest BCUT2D eigenvalue weighted by Crippen LogP contribution is 2.45. The van der Waals surface area contributed by atoms with Gasteiger partial charge in [-0.25, -0.2) is 19.0 Å². The first-order valence-corrected chi connectivity index (χ1v) is 29.8. The molecule has 2 unspecified atom stereocenters. The number of aliphatic hydroxyl groups is 2. The van der Waals surface area contributed by atoms with Crippen LogP contribution in [0.4, 0.5) is 11.6 Å². The Hall–Kier alpha value is -8.75. The van der Waals surface area contributed by atoms with Crippen molar-refractivity contribution in [1.29, 1.82) is 5.26 Å². The molecule has 0 bridgehead atoms. The number of ether oxygens (including phenoxy) is 8. The minimum absolute atomic E-state index is 0.169. The monoisotopic (exact) mass is 1200 g/mol. The molecule has 0 amide bonds. The van der Waals surface area contributed by atoms with Crippen molar-refractivity contribution in [1.82, 2.24) is 29.2 Å². The fourth-order valence-corrected chi connectivity index (χ4v) is 10.5. The van der Waals surface area contributed by atoms with Gasteiger partial charge in [-0.05, 0) is 64.6 Å². The third kappa shape index (κ3) is 16.3. The van der Waals surface area contributed by atoms with Crippen LogP contribution in [0.15, 0.2) is 219 Å². The molecule has 0 radical (unpaired) electrons. The zero-order chi connectivity index (χ0) is 62.3. The van der Waals surface area contributed by atoms with Gasteiger partial charge in [0.25, 0.3) is 0 Å². The van der Waals surface area contributed by atoms with Crippen LogP contribution in [-0.2, 0) is 88.9 Å². The topological polar surface area (TPSA) is 251 Å². The molecule has 19 heteroatoms. The Bertz CT molecular complexity index is 3720. The quantitative estimate of drug-likeness (QED) is 0.0492. The fraction of sp³-hybridized carbons (Fsp3) is 0.300. The maximum atomic E-state index is 12.3. The molecule has 8 atom stereocenters. The lowest BCUT2D eigenvalue weighted by molar-refractivity contribution is -0.256. The second-order valence-electron chi connectivity index (χ2n) is 21.2. The van der Waals surface area contributed by atoms with Gasteiger partial charge in [0.2, 0.25) is 11.4 Å². The van der Waals surface area contributed by atoms with E-state index in [2.05, 4.69) is 40.1 Å². The first-order valence-electron chi connectivity index (χ1n) is 29.8. The molecular formula is C70H77N9O10. The number of nitrogen functional groups attached to an aromatic ring is 2. The van der Waals surface area contributed by atoms with Crippen molar-refractivity contribution in [3.63, 3.8) is 0 Å². The summed E-state index contributed by atoms with van der Waals surface area (Å²) >= 11 is 0. The molecule has 6 heterocycles. The third-order valence-corrected chi connectivity index (χ3v) is 14.6. The smallest absolute Gasteiger partial charge is 0.240 e. The zero-order valence-electron chi connectivity index (χ0n) is 50.3. The Labute approximate surface area is 518 Å². The van der Waals surface area contributed by atoms with Gasteiger partial charge in [0, 0.05) is 6.61 Å². The predicted octanol–water partition coefficient (Wildman–Crippen LogP) is 10.5. The van der Waals surface area contributed by atoms with Gasteiger partial charge in [0.1, 0.15) is 72.1 Å². The maximum Gasteiger partial charge on any atom is 0.240 e. The van der Waals surface area contributed by atoms with E-state index in [4.69, 9.17) is 54.5 Å². The van der Waals surface area contributed by atoms with Gasteiger partial charge in [-0.15, -0.1) is 0 Å². The molecule has 6 N–H and O–H groups in total. The lowest BCUT2D eigenvalue weighted by Gasteiger charge is -2.30. The van der Waals surface area contributed by atoms with Crippen LogP contribution in [0.5, 0.6) is 0 Å². The highest BCUT2D eigenvalue weighted by atomic mass is 16.7. The van der Waals surface area contributed by atoms with Crippen molar-refractivity contribution in [2.24, 2.45) is 0 Å². The number of hydrogen-bond donors (Lipinski definition) is 4. The van der Waals surface area contributed by atoms with Crippen LogP contribution in [0, 0.1) is 11.3 Å². The van der Waals surface area contributed by atoms with E-state index < -0.39 is 48.0 Å². The summed E-state index contributed by atoms with van der Waals surface area (Å²) in [5.41, 5.74) is 18.6. The van der Waals surface area contributed by atoms with E-state index in [1.165, 1.54) is 23.6 Å². The summed E-state index contributed by atoms with van der Waals surface area (Å²) in [6.07, 6.45) is -0.403.